The van der Waals surface area contributed by atoms with E-state index in [-0.39, 0.29) is 11.9 Å². The van der Waals surface area contributed by atoms with Gasteiger partial charge in [0.2, 0.25) is 5.91 Å². The van der Waals surface area contributed by atoms with Crippen molar-refractivity contribution in [2.24, 2.45) is 11.8 Å². The first-order valence-corrected chi connectivity index (χ1v) is 9.61. The molecule has 0 unspecified atom stereocenters. The van der Waals surface area contributed by atoms with E-state index in [2.05, 4.69) is 17.6 Å². The lowest BCUT2D eigenvalue weighted by Gasteiger charge is -2.38. The van der Waals surface area contributed by atoms with Crippen molar-refractivity contribution in [1.29, 1.82) is 0 Å². The van der Waals surface area contributed by atoms with Crippen molar-refractivity contribution in [3.8, 4) is 0 Å². The van der Waals surface area contributed by atoms with Crippen molar-refractivity contribution in [3.63, 3.8) is 0 Å². The number of hydrogen-bond acceptors (Lipinski definition) is 2. The number of anilines is 2. The third-order valence-corrected chi connectivity index (χ3v) is 5.23. The molecule has 5 nitrogen and oxygen atoms in total. The van der Waals surface area contributed by atoms with Crippen LogP contribution in [-0.4, -0.2) is 29.9 Å². The summed E-state index contributed by atoms with van der Waals surface area (Å²) < 4.78 is 0. The lowest BCUT2D eigenvalue weighted by atomic mass is 9.81. The van der Waals surface area contributed by atoms with Crippen molar-refractivity contribution in [2.75, 3.05) is 23.7 Å². The molecule has 142 valence electrons. The van der Waals surface area contributed by atoms with Gasteiger partial charge in [0, 0.05) is 30.9 Å². The minimum Gasteiger partial charge on any atom is -0.326 e. The minimum absolute atomic E-state index is 0.0480. The number of amides is 3. The predicted molar refractivity (Wildman–Crippen MR) is 109 cm³/mol. The highest BCUT2D eigenvalue weighted by molar-refractivity contribution is 5.91. The smallest absolute Gasteiger partial charge is 0.321 e. The highest BCUT2D eigenvalue weighted by Crippen LogP contribution is 2.29. The molecular formula is C22H27N3O2. The molecule has 1 heterocycles. The van der Waals surface area contributed by atoms with Gasteiger partial charge in [-0.05, 0) is 42.5 Å². The van der Waals surface area contributed by atoms with Gasteiger partial charge < -0.3 is 15.5 Å². The Morgan fingerprint density at radius 2 is 1.52 bits per heavy atom. The van der Waals surface area contributed by atoms with Gasteiger partial charge in [-0.3, -0.25) is 4.79 Å². The van der Waals surface area contributed by atoms with Crippen molar-refractivity contribution >= 4 is 23.3 Å². The number of carbonyl (C=O) groups excluding carboxylic acids is 2. The summed E-state index contributed by atoms with van der Waals surface area (Å²) in [6, 6.07) is 19.0. The summed E-state index contributed by atoms with van der Waals surface area (Å²) in [5.41, 5.74) is 1.63. The van der Waals surface area contributed by atoms with Gasteiger partial charge in [0.15, 0.2) is 0 Å². The van der Waals surface area contributed by atoms with Crippen LogP contribution < -0.4 is 10.6 Å². The van der Waals surface area contributed by atoms with Crippen LogP contribution in [0.15, 0.2) is 60.7 Å². The van der Waals surface area contributed by atoms with Gasteiger partial charge in [0.25, 0.3) is 0 Å². The highest BCUT2D eigenvalue weighted by atomic mass is 16.2. The molecule has 1 fully saturated rings. The summed E-state index contributed by atoms with van der Waals surface area (Å²) in [5, 5.41) is 5.92. The van der Waals surface area contributed by atoms with Crippen LogP contribution in [0.3, 0.4) is 0 Å². The lowest BCUT2D eigenvalue weighted by molar-refractivity contribution is -0.117. The summed E-state index contributed by atoms with van der Waals surface area (Å²) in [6.07, 6.45) is 2.31. The monoisotopic (exact) mass is 365 g/mol. The van der Waals surface area contributed by atoms with E-state index in [1.807, 2.05) is 65.6 Å². The van der Waals surface area contributed by atoms with E-state index in [9.17, 15) is 9.59 Å². The molecule has 0 aliphatic carbocycles. The molecular weight excluding hydrogens is 338 g/mol. The molecule has 2 atom stereocenters. The molecule has 3 amide bonds. The zero-order valence-corrected chi connectivity index (χ0v) is 15.7. The van der Waals surface area contributed by atoms with Gasteiger partial charge in [0.1, 0.15) is 0 Å². The maximum Gasteiger partial charge on any atom is 0.321 e. The molecule has 2 aromatic rings. The SMILES string of the molecule is CC[C@H]1CN(C(=O)Nc2ccccc2)CC[C@H]1CC(=O)Nc1ccccc1. The maximum absolute atomic E-state index is 12.5. The van der Waals surface area contributed by atoms with Crippen LogP contribution in [0.25, 0.3) is 0 Å². The van der Waals surface area contributed by atoms with Gasteiger partial charge in [0.05, 0.1) is 0 Å². The summed E-state index contributed by atoms with van der Waals surface area (Å²) in [6.45, 7) is 3.50. The fraction of sp³-hybridized carbons (Fsp3) is 0.364. The lowest BCUT2D eigenvalue weighted by Crippen LogP contribution is -2.46. The number of nitrogens with zero attached hydrogens (tertiary/aromatic N) is 1. The zero-order valence-electron chi connectivity index (χ0n) is 15.7. The number of hydrogen-bond donors (Lipinski definition) is 2. The van der Waals surface area contributed by atoms with Crippen molar-refractivity contribution in [1.82, 2.24) is 4.90 Å². The first kappa shape index (κ1) is 19.0. The van der Waals surface area contributed by atoms with Crippen LogP contribution in [0.5, 0.6) is 0 Å². The first-order chi connectivity index (χ1) is 13.2. The normalized spacial score (nSPS) is 19.4. The topological polar surface area (TPSA) is 61.4 Å². The summed E-state index contributed by atoms with van der Waals surface area (Å²) in [4.78, 5) is 26.8. The molecule has 0 spiro atoms. The molecule has 3 rings (SSSR count). The third kappa shape index (κ3) is 5.33. The fourth-order valence-corrected chi connectivity index (χ4v) is 3.69. The average molecular weight is 365 g/mol. The highest BCUT2D eigenvalue weighted by Gasteiger charge is 2.31. The number of urea groups is 1. The summed E-state index contributed by atoms with van der Waals surface area (Å²) >= 11 is 0. The molecule has 0 saturated carbocycles. The first-order valence-electron chi connectivity index (χ1n) is 9.61. The average Bonchev–Trinajstić information content (AvgIpc) is 2.69. The largest absolute Gasteiger partial charge is 0.326 e. The van der Waals surface area contributed by atoms with E-state index in [1.54, 1.807) is 0 Å². The second kappa shape index (κ2) is 9.21. The van der Waals surface area contributed by atoms with Crippen molar-refractivity contribution in [2.45, 2.75) is 26.2 Å². The van der Waals surface area contributed by atoms with Gasteiger partial charge in [-0.15, -0.1) is 0 Å². The molecule has 27 heavy (non-hydrogen) atoms. The molecule has 1 aliphatic heterocycles. The molecule has 2 aromatic carbocycles. The quantitative estimate of drug-likeness (QED) is 0.814. The number of para-hydroxylation sites is 2. The molecule has 2 N–H and O–H groups in total. The second-order valence-corrected chi connectivity index (χ2v) is 7.08. The van der Waals surface area contributed by atoms with Crippen molar-refractivity contribution < 1.29 is 9.59 Å². The molecule has 0 radical (unpaired) electrons. The van der Waals surface area contributed by atoms with Gasteiger partial charge in [-0.1, -0.05) is 49.7 Å². The van der Waals surface area contributed by atoms with Crippen LogP contribution in [0.1, 0.15) is 26.2 Å². The number of rotatable bonds is 5. The van der Waals surface area contributed by atoms with Gasteiger partial charge >= 0.3 is 6.03 Å². The molecule has 1 saturated heterocycles. The molecule has 5 heteroatoms. The van der Waals surface area contributed by atoms with Crippen LogP contribution in [0.2, 0.25) is 0 Å². The Hall–Kier alpha value is -2.82. The summed E-state index contributed by atoms with van der Waals surface area (Å²) in [7, 11) is 0. The second-order valence-electron chi connectivity index (χ2n) is 7.08. The van der Waals surface area contributed by atoms with Crippen LogP contribution in [-0.2, 0) is 4.79 Å². The van der Waals surface area contributed by atoms with Crippen LogP contribution in [0.4, 0.5) is 16.2 Å². The van der Waals surface area contributed by atoms with Crippen LogP contribution >= 0.6 is 0 Å². The molecule has 0 bridgehead atoms. The van der Waals surface area contributed by atoms with Gasteiger partial charge in [-0.25, -0.2) is 4.79 Å². The summed E-state index contributed by atoms with van der Waals surface area (Å²) in [5.74, 6) is 0.688. The number of piperidine rings is 1. The van der Waals surface area contributed by atoms with E-state index in [0.717, 1.165) is 24.2 Å². The van der Waals surface area contributed by atoms with Crippen molar-refractivity contribution in [3.05, 3.63) is 60.7 Å². The fourth-order valence-electron chi connectivity index (χ4n) is 3.69. The predicted octanol–water partition coefficient (Wildman–Crippen LogP) is 4.60. The zero-order chi connectivity index (χ0) is 19.1. The Labute approximate surface area is 160 Å². The standard InChI is InChI=1S/C22H27N3O2/c1-2-17-16-25(22(27)24-20-11-7-4-8-12-20)14-13-18(17)15-21(26)23-19-9-5-3-6-10-19/h3-12,17-18H,2,13-16H2,1H3,(H,23,26)(H,24,27)/t17-,18-/m0/s1. The maximum atomic E-state index is 12.5. The number of likely N-dealkylation sites (tertiary alicyclic amines) is 1. The van der Waals surface area contributed by atoms with Crippen LogP contribution in [0, 0.1) is 11.8 Å². The molecule has 0 aromatic heterocycles. The Balaban J connectivity index is 1.53. The third-order valence-electron chi connectivity index (χ3n) is 5.23. The number of benzene rings is 2. The van der Waals surface area contributed by atoms with Gasteiger partial charge in [-0.2, -0.15) is 0 Å². The van der Waals surface area contributed by atoms with E-state index in [0.29, 0.717) is 31.3 Å². The Kier molecular flexibility index (Phi) is 6.47. The number of carbonyl (C=O) groups is 2. The van der Waals surface area contributed by atoms with E-state index >= 15 is 0 Å². The Morgan fingerprint density at radius 3 is 2.11 bits per heavy atom. The number of nitrogens with one attached hydrogen (secondary N) is 2. The molecule has 1 aliphatic rings. The Morgan fingerprint density at radius 1 is 0.926 bits per heavy atom. The van der Waals surface area contributed by atoms with E-state index < -0.39 is 0 Å². The Bertz CT molecular complexity index is 749. The van der Waals surface area contributed by atoms with E-state index in [4.69, 9.17) is 0 Å². The van der Waals surface area contributed by atoms with E-state index in [1.165, 1.54) is 0 Å². The minimum atomic E-state index is -0.0631.